The Labute approximate surface area is 140 Å². The third kappa shape index (κ3) is 3.97. The van der Waals surface area contributed by atoms with E-state index < -0.39 is 17.6 Å². The summed E-state index contributed by atoms with van der Waals surface area (Å²) in [4.78, 5) is 15.8. The number of alkyl halides is 3. The number of furan rings is 1. The Kier molecular flexibility index (Phi) is 4.42. The first-order valence-corrected chi connectivity index (χ1v) is 7.17. The van der Waals surface area contributed by atoms with E-state index in [4.69, 9.17) is 4.42 Å². The van der Waals surface area contributed by atoms with Gasteiger partial charge in [-0.1, -0.05) is 12.1 Å². The number of pyridine rings is 1. The first-order chi connectivity index (χ1) is 11.9. The molecule has 3 rings (SSSR count). The molecule has 2 N–H and O–H groups in total. The summed E-state index contributed by atoms with van der Waals surface area (Å²) in [7, 11) is 0. The summed E-state index contributed by atoms with van der Waals surface area (Å²) in [5, 5.41) is 5.19. The van der Waals surface area contributed by atoms with Gasteiger partial charge in [-0.25, -0.2) is 4.98 Å². The smallest absolute Gasteiger partial charge is 0.418 e. The number of anilines is 3. The molecule has 0 atom stereocenters. The van der Waals surface area contributed by atoms with Gasteiger partial charge >= 0.3 is 6.18 Å². The molecule has 0 radical (unpaired) electrons. The number of carbonyl (C=O) groups is 1. The number of rotatable bonds is 4. The molecule has 128 valence electrons. The fourth-order valence-electron chi connectivity index (χ4n) is 2.12. The van der Waals surface area contributed by atoms with Crippen molar-refractivity contribution in [1.82, 2.24) is 4.98 Å². The fraction of sp³-hybridized carbons (Fsp3) is 0.0588. The molecule has 1 aromatic carbocycles. The van der Waals surface area contributed by atoms with E-state index in [0.29, 0.717) is 5.69 Å². The SMILES string of the molecule is O=C(Nc1ccc(Nc2ccccc2C(F)(F)F)cn1)c1ccco1. The van der Waals surface area contributed by atoms with Crippen LogP contribution < -0.4 is 10.6 Å². The Hall–Kier alpha value is -3.29. The summed E-state index contributed by atoms with van der Waals surface area (Å²) in [5.74, 6) is -0.0974. The molecule has 0 spiro atoms. The van der Waals surface area contributed by atoms with Crippen LogP contribution in [0.3, 0.4) is 0 Å². The van der Waals surface area contributed by atoms with Crippen molar-refractivity contribution in [2.45, 2.75) is 6.18 Å². The Morgan fingerprint density at radius 3 is 2.48 bits per heavy atom. The summed E-state index contributed by atoms with van der Waals surface area (Å²) in [6, 6.07) is 11.2. The van der Waals surface area contributed by atoms with Gasteiger partial charge in [-0.15, -0.1) is 0 Å². The average molecular weight is 347 g/mol. The highest BCUT2D eigenvalue weighted by Crippen LogP contribution is 2.35. The van der Waals surface area contributed by atoms with Crippen LogP contribution in [0.4, 0.5) is 30.4 Å². The van der Waals surface area contributed by atoms with Gasteiger partial charge in [0, 0.05) is 0 Å². The lowest BCUT2D eigenvalue weighted by atomic mass is 10.1. The van der Waals surface area contributed by atoms with Crippen molar-refractivity contribution in [3.8, 4) is 0 Å². The van der Waals surface area contributed by atoms with Crippen LogP contribution in [-0.2, 0) is 6.18 Å². The van der Waals surface area contributed by atoms with Crippen molar-refractivity contribution < 1.29 is 22.4 Å². The summed E-state index contributed by atoms with van der Waals surface area (Å²) in [6.45, 7) is 0. The van der Waals surface area contributed by atoms with Crippen LogP contribution in [0.15, 0.2) is 65.4 Å². The number of hydrogen-bond donors (Lipinski definition) is 2. The van der Waals surface area contributed by atoms with Crippen molar-refractivity contribution in [3.63, 3.8) is 0 Å². The van der Waals surface area contributed by atoms with Crippen LogP contribution in [0.2, 0.25) is 0 Å². The minimum Gasteiger partial charge on any atom is -0.459 e. The van der Waals surface area contributed by atoms with Crippen molar-refractivity contribution in [1.29, 1.82) is 0 Å². The van der Waals surface area contributed by atoms with Gasteiger partial charge in [0.2, 0.25) is 0 Å². The van der Waals surface area contributed by atoms with Gasteiger partial charge in [-0.3, -0.25) is 4.79 Å². The van der Waals surface area contributed by atoms with Gasteiger partial charge in [0.15, 0.2) is 5.76 Å². The molecule has 0 aliphatic rings. The molecule has 0 fully saturated rings. The predicted octanol–water partition coefficient (Wildman–Crippen LogP) is 4.69. The maximum atomic E-state index is 13.0. The lowest BCUT2D eigenvalue weighted by Crippen LogP contribution is -2.12. The molecule has 2 heterocycles. The Morgan fingerprint density at radius 1 is 1.04 bits per heavy atom. The highest BCUT2D eigenvalue weighted by Gasteiger charge is 2.33. The first kappa shape index (κ1) is 16.6. The Morgan fingerprint density at radius 2 is 1.84 bits per heavy atom. The largest absolute Gasteiger partial charge is 0.459 e. The highest BCUT2D eigenvalue weighted by atomic mass is 19.4. The second-order valence-corrected chi connectivity index (χ2v) is 5.03. The lowest BCUT2D eigenvalue weighted by Gasteiger charge is -2.14. The second kappa shape index (κ2) is 6.68. The molecular formula is C17H12F3N3O2. The fourth-order valence-corrected chi connectivity index (χ4v) is 2.12. The molecule has 2 aromatic heterocycles. The third-order valence-electron chi connectivity index (χ3n) is 3.26. The number of amides is 1. The van der Waals surface area contributed by atoms with E-state index in [-0.39, 0.29) is 17.3 Å². The highest BCUT2D eigenvalue weighted by molar-refractivity contribution is 6.01. The van der Waals surface area contributed by atoms with E-state index in [9.17, 15) is 18.0 Å². The van der Waals surface area contributed by atoms with E-state index in [1.807, 2.05) is 0 Å². The maximum absolute atomic E-state index is 13.0. The van der Waals surface area contributed by atoms with Gasteiger partial charge in [0.1, 0.15) is 5.82 Å². The second-order valence-electron chi connectivity index (χ2n) is 5.03. The number of nitrogens with one attached hydrogen (secondary N) is 2. The quantitative estimate of drug-likeness (QED) is 0.718. The minimum absolute atomic E-state index is 0.0795. The van der Waals surface area contributed by atoms with Crippen LogP contribution in [0.1, 0.15) is 16.1 Å². The molecule has 0 aliphatic carbocycles. The van der Waals surface area contributed by atoms with Crippen LogP contribution in [-0.4, -0.2) is 10.9 Å². The van der Waals surface area contributed by atoms with Crippen LogP contribution >= 0.6 is 0 Å². The number of carbonyl (C=O) groups excluding carboxylic acids is 1. The number of nitrogens with zero attached hydrogens (tertiary/aromatic N) is 1. The van der Waals surface area contributed by atoms with Gasteiger partial charge in [-0.2, -0.15) is 13.2 Å². The van der Waals surface area contributed by atoms with E-state index in [2.05, 4.69) is 15.6 Å². The molecule has 3 aromatic rings. The summed E-state index contributed by atoms with van der Waals surface area (Å²) in [6.07, 6.45) is -1.77. The number of hydrogen-bond acceptors (Lipinski definition) is 4. The van der Waals surface area contributed by atoms with Crippen molar-refractivity contribution in [3.05, 3.63) is 72.3 Å². The normalized spacial score (nSPS) is 11.2. The Bertz CT molecular complexity index is 860. The molecule has 1 amide bonds. The maximum Gasteiger partial charge on any atom is 0.418 e. The van der Waals surface area contributed by atoms with Crippen LogP contribution in [0.25, 0.3) is 0 Å². The van der Waals surface area contributed by atoms with Gasteiger partial charge < -0.3 is 15.1 Å². The summed E-state index contributed by atoms with van der Waals surface area (Å²) < 4.78 is 43.9. The zero-order valence-corrected chi connectivity index (χ0v) is 12.7. The van der Waals surface area contributed by atoms with Crippen LogP contribution in [0.5, 0.6) is 0 Å². The molecule has 5 nitrogen and oxygen atoms in total. The molecule has 25 heavy (non-hydrogen) atoms. The molecular weight excluding hydrogens is 335 g/mol. The molecule has 0 unspecified atom stereocenters. The number of aromatic nitrogens is 1. The predicted molar refractivity (Wildman–Crippen MR) is 85.6 cm³/mol. The third-order valence-corrected chi connectivity index (χ3v) is 3.26. The zero-order valence-electron chi connectivity index (χ0n) is 12.7. The van der Waals surface area contributed by atoms with E-state index in [0.717, 1.165) is 6.07 Å². The van der Waals surface area contributed by atoms with E-state index in [1.165, 1.54) is 48.9 Å². The number of halogens is 3. The topological polar surface area (TPSA) is 67.2 Å². The Balaban J connectivity index is 1.73. The van der Waals surface area contributed by atoms with Gasteiger partial charge in [0.25, 0.3) is 5.91 Å². The minimum atomic E-state index is -4.46. The molecule has 0 aliphatic heterocycles. The standard InChI is InChI=1S/C17H12F3N3O2/c18-17(19,20)12-4-1-2-5-13(12)22-11-7-8-15(21-10-11)23-16(24)14-6-3-9-25-14/h1-10,22H,(H,21,23,24). The molecule has 8 heteroatoms. The molecule has 0 saturated heterocycles. The average Bonchev–Trinajstić information content (AvgIpc) is 3.11. The molecule has 0 saturated carbocycles. The van der Waals surface area contributed by atoms with Crippen molar-refractivity contribution in [2.75, 3.05) is 10.6 Å². The van der Waals surface area contributed by atoms with E-state index >= 15 is 0 Å². The lowest BCUT2D eigenvalue weighted by molar-refractivity contribution is -0.136. The van der Waals surface area contributed by atoms with Gasteiger partial charge in [-0.05, 0) is 36.4 Å². The number of benzene rings is 1. The molecule has 0 bridgehead atoms. The summed E-state index contributed by atoms with van der Waals surface area (Å²) in [5.41, 5.74) is -0.498. The monoisotopic (exact) mass is 347 g/mol. The van der Waals surface area contributed by atoms with E-state index in [1.54, 1.807) is 6.07 Å². The first-order valence-electron chi connectivity index (χ1n) is 7.17. The van der Waals surface area contributed by atoms with Gasteiger partial charge in [0.05, 0.1) is 29.4 Å². The summed E-state index contributed by atoms with van der Waals surface area (Å²) >= 11 is 0. The zero-order chi connectivity index (χ0) is 17.9. The van der Waals surface area contributed by atoms with Crippen LogP contribution in [0, 0.1) is 0 Å². The number of para-hydroxylation sites is 1. The van der Waals surface area contributed by atoms with Crippen molar-refractivity contribution >= 4 is 23.1 Å². The van der Waals surface area contributed by atoms with Crippen molar-refractivity contribution in [2.24, 2.45) is 0 Å².